The van der Waals surface area contributed by atoms with Crippen molar-refractivity contribution in [2.75, 3.05) is 20.2 Å². The van der Waals surface area contributed by atoms with Gasteiger partial charge in [0.25, 0.3) is 0 Å². The molecule has 0 aliphatic carbocycles. The number of ether oxygens (including phenoxy) is 1. The van der Waals surface area contributed by atoms with Gasteiger partial charge in [-0.05, 0) is 43.9 Å². The van der Waals surface area contributed by atoms with Gasteiger partial charge in [-0.2, -0.15) is 0 Å². The second-order valence-corrected chi connectivity index (χ2v) is 6.38. The number of carbonyl (C=O) groups excluding carboxylic acids is 1. The molecule has 112 valence electrons. The van der Waals surface area contributed by atoms with E-state index in [0.717, 1.165) is 44.5 Å². The van der Waals surface area contributed by atoms with Crippen LogP contribution in [0.1, 0.15) is 36.4 Å². The molecule has 3 aliphatic rings. The molecule has 2 saturated heterocycles. The number of hydrogen-bond acceptors (Lipinski definition) is 3. The number of rotatable bonds is 1. The molecule has 1 aromatic carbocycles. The van der Waals surface area contributed by atoms with Crippen LogP contribution in [0.2, 0.25) is 0 Å². The molecule has 1 aromatic rings. The highest BCUT2D eigenvalue weighted by Gasteiger charge is 2.45. The summed E-state index contributed by atoms with van der Waals surface area (Å²) in [6.07, 6.45) is 4.12. The average molecular weight is 286 g/mol. The molecular formula is C17H22N2O2. The Morgan fingerprint density at radius 2 is 2.29 bits per heavy atom. The van der Waals surface area contributed by atoms with Gasteiger partial charge in [0.15, 0.2) is 0 Å². The summed E-state index contributed by atoms with van der Waals surface area (Å²) in [5, 5.41) is 3.56. The summed E-state index contributed by atoms with van der Waals surface area (Å²) in [4.78, 5) is 15.0. The Hall–Kier alpha value is -1.55. The van der Waals surface area contributed by atoms with Crippen LogP contribution in [0.25, 0.3) is 0 Å². The van der Waals surface area contributed by atoms with Crippen molar-refractivity contribution in [3.8, 4) is 5.75 Å². The van der Waals surface area contributed by atoms with E-state index in [1.807, 2.05) is 6.07 Å². The quantitative estimate of drug-likeness (QED) is 0.857. The molecule has 4 rings (SSSR count). The number of nitrogens with one attached hydrogen (secondary N) is 1. The number of fused-ring (bicyclic) bond motifs is 4. The van der Waals surface area contributed by atoms with E-state index >= 15 is 0 Å². The maximum atomic E-state index is 12.8. The molecule has 2 fully saturated rings. The van der Waals surface area contributed by atoms with Gasteiger partial charge in [-0.3, -0.25) is 4.79 Å². The van der Waals surface area contributed by atoms with Gasteiger partial charge in [-0.15, -0.1) is 0 Å². The molecule has 4 heteroatoms. The molecule has 0 unspecified atom stereocenters. The summed E-state index contributed by atoms with van der Waals surface area (Å²) in [5.41, 5.74) is 2.59. The molecule has 0 saturated carbocycles. The Bertz CT molecular complexity index is 558. The van der Waals surface area contributed by atoms with Crippen molar-refractivity contribution in [3.63, 3.8) is 0 Å². The number of amides is 1. The van der Waals surface area contributed by atoms with E-state index in [9.17, 15) is 4.79 Å². The lowest BCUT2D eigenvalue weighted by Crippen LogP contribution is -2.57. The second kappa shape index (κ2) is 5.02. The lowest BCUT2D eigenvalue weighted by Gasteiger charge is -2.48. The number of carbonyl (C=O) groups is 1. The molecule has 4 nitrogen and oxygen atoms in total. The van der Waals surface area contributed by atoms with Gasteiger partial charge >= 0.3 is 0 Å². The Labute approximate surface area is 125 Å². The topological polar surface area (TPSA) is 41.6 Å². The van der Waals surface area contributed by atoms with Gasteiger partial charge in [-0.1, -0.05) is 12.1 Å². The van der Waals surface area contributed by atoms with Gasteiger partial charge in [0.05, 0.1) is 19.1 Å². The Kier molecular flexibility index (Phi) is 3.14. The molecule has 21 heavy (non-hydrogen) atoms. The van der Waals surface area contributed by atoms with Crippen LogP contribution in [0.15, 0.2) is 18.2 Å². The van der Waals surface area contributed by atoms with Crippen LogP contribution in [0, 0.1) is 5.92 Å². The molecule has 0 bridgehead atoms. The molecule has 1 amide bonds. The van der Waals surface area contributed by atoms with Crippen LogP contribution in [0.3, 0.4) is 0 Å². The van der Waals surface area contributed by atoms with E-state index in [-0.39, 0.29) is 12.0 Å². The zero-order valence-electron chi connectivity index (χ0n) is 12.5. The van der Waals surface area contributed by atoms with Crippen molar-refractivity contribution in [1.82, 2.24) is 10.2 Å². The minimum Gasteiger partial charge on any atom is -0.496 e. The number of hydrogen-bond donors (Lipinski definition) is 1. The van der Waals surface area contributed by atoms with Crippen molar-refractivity contribution in [3.05, 3.63) is 29.3 Å². The Morgan fingerprint density at radius 1 is 1.38 bits per heavy atom. The van der Waals surface area contributed by atoms with Gasteiger partial charge in [0.2, 0.25) is 5.91 Å². The highest BCUT2D eigenvalue weighted by atomic mass is 16.5. The summed E-state index contributed by atoms with van der Waals surface area (Å²) < 4.78 is 5.57. The molecule has 3 heterocycles. The lowest BCUT2D eigenvalue weighted by atomic mass is 9.77. The first-order valence-corrected chi connectivity index (χ1v) is 7.99. The van der Waals surface area contributed by atoms with Crippen LogP contribution < -0.4 is 10.1 Å². The lowest BCUT2D eigenvalue weighted by molar-refractivity contribution is -0.145. The highest BCUT2D eigenvalue weighted by molar-refractivity contribution is 5.82. The SMILES string of the molecule is COc1cccc2c1[C@@H]1C[C@@H]3NCCC[C@@H]3C(=O)N1CC2. The molecular weight excluding hydrogens is 264 g/mol. The standard InChI is InChI=1S/C17H22N2O2/c1-21-15-6-2-4-11-7-9-19-14(16(11)15)10-13-12(17(19)20)5-3-8-18-13/h2,4,6,12-14,18H,3,5,7-10H2,1H3/t12-,13-,14-/m0/s1. The first-order chi connectivity index (χ1) is 10.3. The van der Waals surface area contributed by atoms with Gasteiger partial charge < -0.3 is 15.0 Å². The third-order valence-electron chi connectivity index (χ3n) is 5.37. The van der Waals surface area contributed by atoms with E-state index in [0.29, 0.717) is 11.9 Å². The third-order valence-corrected chi connectivity index (χ3v) is 5.37. The van der Waals surface area contributed by atoms with Gasteiger partial charge in [0, 0.05) is 18.2 Å². The second-order valence-electron chi connectivity index (χ2n) is 6.38. The van der Waals surface area contributed by atoms with Crippen molar-refractivity contribution in [2.24, 2.45) is 5.92 Å². The average Bonchev–Trinajstić information content (AvgIpc) is 2.54. The number of piperidine rings is 2. The van der Waals surface area contributed by atoms with Crippen LogP contribution >= 0.6 is 0 Å². The van der Waals surface area contributed by atoms with E-state index in [1.54, 1.807) is 7.11 Å². The predicted molar refractivity (Wildman–Crippen MR) is 80.3 cm³/mol. The van der Waals surface area contributed by atoms with E-state index < -0.39 is 0 Å². The molecule has 0 spiro atoms. The molecule has 1 N–H and O–H groups in total. The van der Waals surface area contributed by atoms with Crippen molar-refractivity contribution >= 4 is 5.91 Å². The summed E-state index contributed by atoms with van der Waals surface area (Å²) in [5.74, 6) is 1.47. The fourth-order valence-electron chi connectivity index (χ4n) is 4.37. The Balaban J connectivity index is 1.75. The monoisotopic (exact) mass is 286 g/mol. The van der Waals surface area contributed by atoms with Crippen molar-refractivity contribution in [2.45, 2.75) is 37.8 Å². The molecule has 3 aliphatic heterocycles. The maximum absolute atomic E-state index is 12.8. The number of benzene rings is 1. The number of nitrogens with zero attached hydrogens (tertiary/aromatic N) is 1. The van der Waals surface area contributed by atoms with Crippen LogP contribution in [-0.4, -0.2) is 37.0 Å². The summed E-state index contributed by atoms with van der Waals surface area (Å²) >= 11 is 0. The molecule has 0 aromatic heterocycles. The Morgan fingerprint density at radius 3 is 3.14 bits per heavy atom. The molecule has 3 atom stereocenters. The summed E-state index contributed by atoms with van der Waals surface area (Å²) in [6, 6.07) is 6.78. The molecule has 0 radical (unpaired) electrons. The fourth-order valence-corrected chi connectivity index (χ4v) is 4.37. The normalized spacial score (nSPS) is 31.2. The smallest absolute Gasteiger partial charge is 0.227 e. The van der Waals surface area contributed by atoms with E-state index in [4.69, 9.17) is 4.74 Å². The van der Waals surface area contributed by atoms with Gasteiger partial charge in [0.1, 0.15) is 5.75 Å². The van der Waals surface area contributed by atoms with Crippen molar-refractivity contribution < 1.29 is 9.53 Å². The van der Waals surface area contributed by atoms with Crippen LogP contribution in [0.5, 0.6) is 5.75 Å². The first-order valence-electron chi connectivity index (χ1n) is 7.99. The maximum Gasteiger partial charge on any atom is 0.227 e. The van der Waals surface area contributed by atoms with E-state index in [1.165, 1.54) is 11.1 Å². The fraction of sp³-hybridized carbons (Fsp3) is 0.588. The first kappa shape index (κ1) is 13.1. The summed E-state index contributed by atoms with van der Waals surface area (Å²) in [7, 11) is 1.72. The van der Waals surface area contributed by atoms with Gasteiger partial charge in [-0.25, -0.2) is 0 Å². The predicted octanol–water partition coefficient (Wildman–Crippen LogP) is 1.89. The zero-order valence-corrected chi connectivity index (χ0v) is 12.5. The minimum atomic E-state index is 0.184. The van der Waals surface area contributed by atoms with Crippen LogP contribution in [0.4, 0.5) is 0 Å². The van der Waals surface area contributed by atoms with E-state index in [2.05, 4.69) is 22.3 Å². The van der Waals surface area contributed by atoms with Crippen LogP contribution in [-0.2, 0) is 11.2 Å². The highest BCUT2D eigenvalue weighted by Crippen LogP contribution is 2.44. The third kappa shape index (κ3) is 1.96. The number of methoxy groups -OCH3 is 1. The minimum absolute atomic E-state index is 0.184. The largest absolute Gasteiger partial charge is 0.496 e. The van der Waals surface area contributed by atoms with Crippen molar-refractivity contribution in [1.29, 1.82) is 0 Å². The summed E-state index contributed by atoms with van der Waals surface area (Å²) in [6.45, 7) is 1.90. The zero-order chi connectivity index (χ0) is 14.4.